The van der Waals surface area contributed by atoms with Crippen LogP contribution in [0.1, 0.15) is 29.2 Å². The Morgan fingerprint density at radius 2 is 2.29 bits per heavy atom. The summed E-state index contributed by atoms with van der Waals surface area (Å²) < 4.78 is 6.78. The summed E-state index contributed by atoms with van der Waals surface area (Å²) in [6.45, 7) is 5.15. The van der Waals surface area contributed by atoms with Crippen molar-refractivity contribution in [2.45, 2.75) is 26.3 Å². The van der Waals surface area contributed by atoms with Gasteiger partial charge >= 0.3 is 0 Å². The van der Waals surface area contributed by atoms with Crippen LogP contribution in [-0.4, -0.2) is 6.54 Å². The minimum Gasteiger partial charge on any atom is -0.467 e. The number of furan rings is 1. The molecule has 1 N–H and O–H groups in total. The highest BCUT2D eigenvalue weighted by Gasteiger charge is 2.18. The summed E-state index contributed by atoms with van der Waals surface area (Å²) in [5.41, 5.74) is 1.21. The van der Waals surface area contributed by atoms with Crippen molar-refractivity contribution in [2.24, 2.45) is 0 Å². The second-order valence-corrected chi connectivity index (χ2v) is 5.83. The second kappa shape index (κ2) is 5.85. The summed E-state index contributed by atoms with van der Waals surface area (Å²) in [5.74, 6) is 1.05. The minimum absolute atomic E-state index is 0.255. The Morgan fingerprint density at radius 1 is 1.47 bits per heavy atom. The standard InChI is InChI=1S/C13H16BrNOS/c1-3-15-11(13-9(2)4-6-16-13)8-12-10(14)5-7-17-12/h4-7,11,15H,3,8H2,1-2H3. The van der Waals surface area contributed by atoms with Crippen LogP contribution in [0.15, 0.2) is 32.7 Å². The third kappa shape index (κ3) is 3.00. The molecule has 2 aromatic heterocycles. The lowest BCUT2D eigenvalue weighted by Gasteiger charge is -2.16. The maximum absolute atomic E-state index is 5.59. The lowest BCUT2D eigenvalue weighted by Crippen LogP contribution is -2.22. The first-order valence-electron chi connectivity index (χ1n) is 5.71. The summed E-state index contributed by atoms with van der Waals surface area (Å²) in [7, 11) is 0. The highest BCUT2D eigenvalue weighted by molar-refractivity contribution is 9.10. The number of nitrogens with one attached hydrogen (secondary N) is 1. The Hall–Kier alpha value is -0.580. The van der Waals surface area contributed by atoms with Gasteiger partial charge in [0.15, 0.2) is 0 Å². The van der Waals surface area contributed by atoms with Gasteiger partial charge in [-0.2, -0.15) is 0 Å². The van der Waals surface area contributed by atoms with Gasteiger partial charge in [-0.3, -0.25) is 0 Å². The first-order chi connectivity index (χ1) is 8.22. The molecule has 0 aliphatic carbocycles. The van der Waals surface area contributed by atoms with Crippen LogP contribution < -0.4 is 5.32 Å². The number of halogens is 1. The lowest BCUT2D eigenvalue weighted by atomic mass is 10.1. The Kier molecular flexibility index (Phi) is 4.42. The van der Waals surface area contributed by atoms with Gasteiger partial charge in [-0.25, -0.2) is 0 Å². The van der Waals surface area contributed by atoms with E-state index >= 15 is 0 Å². The van der Waals surface area contributed by atoms with Gasteiger partial charge in [0.25, 0.3) is 0 Å². The molecule has 0 aromatic carbocycles. The monoisotopic (exact) mass is 313 g/mol. The van der Waals surface area contributed by atoms with Crippen molar-refractivity contribution >= 4 is 27.3 Å². The maximum atomic E-state index is 5.59. The number of hydrogen-bond acceptors (Lipinski definition) is 3. The summed E-state index contributed by atoms with van der Waals surface area (Å²) in [4.78, 5) is 1.35. The molecule has 2 aromatic rings. The van der Waals surface area contributed by atoms with Crippen LogP contribution in [0.4, 0.5) is 0 Å². The molecule has 0 saturated heterocycles. The van der Waals surface area contributed by atoms with Gasteiger partial charge in [-0.05, 0) is 52.5 Å². The van der Waals surface area contributed by atoms with Crippen molar-refractivity contribution in [3.05, 3.63) is 44.4 Å². The topological polar surface area (TPSA) is 25.2 Å². The van der Waals surface area contributed by atoms with Gasteiger partial charge < -0.3 is 9.73 Å². The van der Waals surface area contributed by atoms with Crippen LogP contribution in [0.3, 0.4) is 0 Å². The summed E-state index contributed by atoms with van der Waals surface area (Å²) in [6.07, 6.45) is 2.72. The molecule has 0 amide bonds. The highest BCUT2D eigenvalue weighted by Crippen LogP contribution is 2.29. The molecule has 0 fully saturated rings. The van der Waals surface area contributed by atoms with E-state index in [1.165, 1.54) is 14.9 Å². The quantitative estimate of drug-likeness (QED) is 0.890. The zero-order valence-electron chi connectivity index (χ0n) is 10.00. The van der Waals surface area contributed by atoms with Gasteiger partial charge in [-0.1, -0.05) is 6.92 Å². The van der Waals surface area contributed by atoms with E-state index in [9.17, 15) is 0 Å². The number of rotatable bonds is 5. The van der Waals surface area contributed by atoms with Crippen molar-refractivity contribution in [3.8, 4) is 0 Å². The summed E-state index contributed by atoms with van der Waals surface area (Å²) >= 11 is 5.36. The van der Waals surface area contributed by atoms with E-state index in [0.717, 1.165) is 18.7 Å². The van der Waals surface area contributed by atoms with Crippen LogP contribution in [0, 0.1) is 6.92 Å². The average Bonchev–Trinajstić information content (AvgIpc) is 2.88. The van der Waals surface area contributed by atoms with Gasteiger partial charge in [0.1, 0.15) is 5.76 Å². The molecule has 0 saturated carbocycles. The largest absolute Gasteiger partial charge is 0.467 e. The van der Waals surface area contributed by atoms with Crippen LogP contribution in [0.25, 0.3) is 0 Å². The lowest BCUT2D eigenvalue weighted by molar-refractivity contribution is 0.415. The number of thiophene rings is 1. The van der Waals surface area contributed by atoms with Crippen molar-refractivity contribution in [1.82, 2.24) is 5.32 Å². The van der Waals surface area contributed by atoms with E-state index in [0.29, 0.717) is 0 Å². The Labute approximate surface area is 114 Å². The number of hydrogen-bond donors (Lipinski definition) is 1. The second-order valence-electron chi connectivity index (χ2n) is 3.97. The Balaban J connectivity index is 2.19. The molecule has 0 radical (unpaired) electrons. The predicted molar refractivity (Wildman–Crippen MR) is 75.6 cm³/mol. The van der Waals surface area contributed by atoms with Crippen LogP contribution in [0.2, 0.25) is 0 Å². The first kappa shape index (κ1) is 12.9. The molecule has 2 nitrogen and oxygen atoms in total. The first-order valence-corrected chi connectivity index (χ1v) is 7.39. The highest BCUT2D eigenvalue weighted by atomic mass is 79.9. The van der Waals surface area contributed by atoms with Crippen molar-refractivity contribution in [1.29, 1.82) is 0 Å². The summed E-state index contributed by atoms with van der Waals surface area (Å²) in [5, 5.41) is 5.59. The Bertz CT molecular complexity index is 477. The molecule has 4 heteroatoms. The minimum atomic E-state index is 0.255. The normalized spacial score (nSPS) is 12.9. The Morgan fingerprint density at radius 3 is 2.82 bits per heavy atom. The number of likely N-dealkylation sites (N-methyl/N-ethyl adjacent to an activating group) is 1. The molecule has 92 valence electrons. The maximum Gasteiger partial charge on any atom is 0.123 e. The fraction of sp³-hybridized carbons (Fsp3) is 0.385. The van der Waals surface area contributed by atoms with Gasteiger partial charge in [0.05, 0.1) is 12.3 Å². The van der Waals surface area contributed by atoms with Gasteiger partial charge in [-0.15, -0.1) is 11.3 Å². The van der Waals surface area contributed by atoms with Crippen molar-refractivity contribution in [2.75, 3.05) is 6.54 Å². The fourth-order valence-corrected chi connectivity index (χ4v) is 3.46. The van der Waals surface area contributed by atoms with E-state index < -0.39 is 0 Å². The van der Waals surface area contributed by atoms with Crippen LogP contribution >= 0.6 is 27.3 Å². The predicted octanol–water partition coefficient (Wildman–Crippen LogP) is 4.31. The van der Waals surface area contributed by atoms with Gasteiger partial charge in [0.2, 0.25) is 0 Å². The van der Waals surface area contributed by atoms with Crippen molar-refractivity contribution < 1.29 is 4.42 Å². The van der Waals surface area contributed by atoms with Crippen LogP contribution in [0.5, 0.6) is 0 Å². The van der Waals surface area contributed by atoms with E-state index in [1.54, 1.807) is 17.6 Å². The molecule has 0 aliphatic rings. The molecular formula is C13H16BrNOS. The van der Waals surface area contributed by atoms with Crippen LogP contribution in [-0.2, 0) is 6.42 Å². The molecule has 1 unspecified atom stereocenters. The average molecular weight is 314 g/mol. The molecule has 17 heavy (non-hydrogen) atoms. The molecular weight excluding hydrogens is 298 g/mol. The molecule has 2 heterocycles. The molecule has 1 atom stereocenters. The third-order valence-corrected chi connectivity index (χ3v) is 4.70. The zero-order chi connectivity index (χ0) is 12.3. The molecule has 0 aliphatic heterocycles. The molecule has 2 rings (SSSR count). The third-order valence-electron chi connectivity index (χ3n) is 2.75. The fourth-order valence-electron chi connectivity index (χ4n) is 1.90. The van der Waals surface area contributed by atoms with E-state index in [-0.39, 0.29) is 6.04 Å². The smallest absolute Gasteiger partial charge is 0.123 e. The van der Waals surface area contributed by atoms with Crippen molar-refractivity contribution in [3.63, 3.8) is 0 Å². The SMILES string of the molecule is CCNC(Cc1sccc1Br)c1occc1C. The molecule has 0 bridgehead atoms. The van der Waals surface area contributed by atoms with E-state index in [2.05, 4.69) is 46.5 Å². The van der Waals surface area contributed by atoms with E-state index in [1.807, 2.05) is 6.07 Å². The molecule has 0 spiro atoms. The van der Waals surface area contributed by atoms with E-state index in [4.69, 9.17) is 4.42 Å². The zero-order valence-corrected chi connectivity index (χ0v) is 12.4. The van der Waals surface area contributed by atoms with Gasteiger partial charge in [0, 0.05) is 15.8 Å². The number of aryl methyl sites for hydroxylation is 1. The summed E-state index contributed by atoms with van der Waals surface area (Å²) in [6, 6.07) is 4.37.